The van der Waals surface area contributed by atoms with Crippen molar-refractivity contribution in [2.75, 3.05) is 18.1 Å². The van der Waals surface area contributed by atoms with E-state index >= 15 is 0 Å². The molecule has 0 aliphatic heterocycles. The van der Waals surface area contributed by atoms with Crippen molar-refractivity contribution < 1.29 is 0 Å². The van der Waals surface area contributed by atoms with Crippen LogP contribution < -0.4 is 5.32 Å². The Bertz CT molecular complexity index is 386. The Hall–Kier alpha value is -0.480. The summed E-state index contributed by atoms with van der Waals surface area (Å²) in [7, 11) is 0. The second-order valence-electron chi connectivity index (χ2n) is 4.69. The Morgan fingerprint density at radius 2 is 1.95 bits per heavy atom. The minimum absolute atomic E-state index is 0.265. The van der Waals surface area contributed by atoms with E-state index in [1.807, 2.05) is 11.8 Å². The lowest BCUT2D eigenvalue weighted by Crippen LogP contribution is -2.32. The van der Waals surface area contributed by atoms with Crippen LogP contribution in [0.3, 0.4) is 0 Å². The minimum Gasteiger partial charge on any atom is -0.368 e. The zero-order chi connectivity index (χ0) is 14.3. The van der Waals surface area contributed by atoms with Crippen molar-refractivity contribution in [2.45, 2.75) is 51.2 Å². The molecule has 3 nitrogen and oxygen atoms in total. The summed E-state index contributed by atoms with van der Waals surface area (Å²) < 4.78 is 0.265. The largest absolute Gasteiger partial charge is 0.368 e. The molecule has 0 fully saturated rings. The van der Waals surface area contributed by atoms with Gasteiger partial charge < -0.3 is 5.32 Å². The number of rotatable bonds is 8. The third kappa shape index (κ3) is 4.25. The fraction of sp³-hybridized carbons (Fsp3) is 0.714. The average molecular weight is 302 g/mol. The maximum atomic E-state index is 6.16. The molecule has 1 aromatic rings. The van der Waals surface area contributed by atoms with E-state index in [-0.39, 0.29) is 4.75 Å². The molecule has 1 rings (SSSR count). The summed E-state index contributed by atoms with van der Waals surface area (Å²) in [6.07, 6.45) is 7.93. The highest BCUT2D eigenvalue weighted by Gasteiger charge is 2.25. The lowest BCUT2D eigenvalue weighted by atomic mass is 10.0. The molecule has 0 saturated heterocycles. The zero-order valence-electron chi connectivity index (χ0n) is 12.3. The fourth-order valence-corrected chi connectivity index (χ4v) is 3.14. The summed E-state index contributed by atoms with van der Waals surface area (Å²) in [5, 5.41) is 4.05. The molecule has 1 aromatic heterocycles. The van der Waals surface area contributed by atoms with Crippen molar-refractivity contribution in [3.05, 3.63) is 17.0 Å². The Morgan fingerprint density at radius 3 is 2.47 bits per heavy atom. The number of thioether (sulfide) groups is 1. The first-order valence-electron chi connectivity index (χ1n) is 6.90. The highest BCUT2D eigenvalue weighted by molar-refractivity contribution is 8.00. The van der Waals surface area contributed by atoms with Gasteiger partial charge in [-0.2, -0.15) is 11.8 Å². The SMILES string of the molecule is CCCc1c(Cl)ncnc1NCC(CC)(CC)SC. The summed E-state index contributed by atoms with van der Waals surface area (Å²) in [6, 6.07) is 0. The van der Waals surface area contributed by atoms with Crippen molar-refractivity contribution in [3.63, 3.8) is 0 Å². The second kappa shape index (κ2) is 7.95. The highest BCUT2D eigenvalue weighted by atomic mass is 35.5. The quantitative estimate of drug-likeness (QED) is 0.721. The van der Waals surface area contributed by atoms with Crippen LogP contribution in [0.15, 0.2) is 6.33 Å². The second-order valence-corrected chi connectivity index (χ2v) is 6.32. The summed E-state index contributed by atoms with van der Waals surface area (Å²) in [5.74, 6) is 0.891. The first-order chi connectivity index (χ1) is 9.12. The van der Waals surface area contributed by atoms with Crippen LogP contribution in [0.4, 0.5) is 5.82 Å². The number of anilines is 1. The Kier molecular flexibility index (Phi) is 6.94. The molecule has 0 atom stereocenters. The molecule has 0 amide bonds. The van der Waals surface area contributed by atoms with E-state index in [0.717, 1.165) is 43.6 Å². The van der Waals surface area contributed by atoms with Crippen molar-refractivity contribution in [2.24, 2.45) is 0 Å². The first kappa shape index (κ1) is 16.6. The van der Waals surface area contributed by atoms with Gasteiger partial charge in [-0.1, -0.05) is 38.8 Å². The van der Waals surface area contributed by atoms with Crippen LogP contribution in [-0.4, -0.2) is 27.5 Å². The van der Waals surface area contributed by atoms with E-state index in [9.17, 15) is 0 Å². The summed E-state index contributed by atoms with van der Waals surface area (Å²) in [5.41, 5.74) is 1.04. The van der Waals surface area contributed by atoms with Crippen LogP contribution in [-0.2, 0) is 6.42 Å². The van der Waals surface area contributed by atoms with Crippen LogP contribution in [0.2, 0.25) is 5.15 Å². The van der Waals surface area contributed by atoms with Crippen molar-refractivity contribution in [3.8, 4) is 0 Å². The first-order valence-corrected chi connectivity index (χ1v) is 8.51. The van der Waals surface area contributed by atoms with Gasteiger partial charge in [0.05, 0.1) is 0 Å². The number of halogens is 1. The van der Waals surface area contributed by atoms with Gasteiger partial charge in [-0.3, -0.25) is 0 Å². The monoisotopic (exact) mass is 301 g/mol. The molecule has 0 unspecified atom stereocenters. The van der Waals surface area contributed by atoms with Gasteiger partial charge in [0.1, 0.15) is 17.3 Å². The number of nitrogens with zero attached hydrogens (tertiary/aromatic N) is 2. The maximum Gasteiger partial charge on any atom is 0.137 e. The fourth-order valence-electron chi connectivity index (χ4n) is 2.12. The molecule has 0 aromatic carbocycles. The molecule has 5 heteroatoms. The molecule has 1 N–H and O–H groups in total. The van der Waals surface area contributed by atoms with Crippen LogP contribution in [0.1, 0.15) is 45.6 Å². The number of hydrogen-bond acceptors (Lipinski definition) is 4. The van der Waals surface area contributed by atoms with Gasteiger partial charge in [0.2, 0.25) is 0 Å². The Labute approximate surface area is 125 Å². The number of aromatic nitrogens is 2. The summed E-state index contributed by atoms with van der Waals surface area (Å²) in [4.78, 5) is 8.42. The minimum atomic E-state index is 0.265. The van der Waals surface area contributed by atoms with Gasteiger partial charge >= 0.3 is 0 Å². The molecule has 19 heavy (non-hydrogen) atoms. The lowest BCUT2D eigenvalue weighted by molar-refractivity contribution is 0.573. The highest BCUT2D eigenvalue weighted by Crippen LogP contribution is 2.31. The third-order valence-corrected chi connectivity index (χ3v) is 5.61. The molecule has 0 radical (unpaired) electrons. The van der Waals surface area contributed by atoms with Crippen LogP contribution in [0.5, 0.6) is 0 Å². The summed E-state index contributed by atoms with van der Waals surface area (Å²) >= 11 is 8.08. The lowest BCUT2D eigenvalue weighted by Gasteiger charge is -2.30. The van der Waals surface area contributed by atoms with E-state index in [1.165, 1.54) is 6.33 Å². The van der Waals surface area contributed by atoms with Crippen LogP contribution >= 0.6 is 23.4 Å². The van der Waals surface area contributed by atoms with Gasteiger partial charge in [-0.05, 0) is 25.5 Å². The molecule has 1 heterocycles. The normalized spacial score (nSPS) is 11.6. The maximum absolute atomic E-state index is 6.16. The smallest absolute Gasteiger partial charge is 0.137 e. The van der Waals surface area contributed by atoms with Gasteiger partial charge in [-0.25, -0.2) is 9.97 Å². The summed E-state index contributed by atoms with van der Waals surface area (Å²) in [6.45, 7) is 7.52. The van der Waals surface area contributed by atoms with E-state index in [2.05, 4.69) is 42.3 Å². The molecule has 108 valence electrons. The van der Waals surface area contributed by atoms with Gasteiger partial charge in [-0.15, -0.1) is 0 Å². The molecule has 0 spiro atoms. The van der Waals surface area contributed by atoms with Crippen molar-refractivity contribution in [1.82, 2.24) is 9.97 Å². The van der Waals surface area contributed by atoms with Gasteiger partial charge in [0, 0.05) is 16.9 Å². The number of nitrogens with one attached hydrogen (secondary N) is 1. The predicted octanol–water partition coefficient (Wildman–Crippen LogP) is 4.42. The average Bonchev–Trinajstić information content (AvgIpc) is 2.44. The van der Waals surface area contributed by atoms with E-state index in [4.69, 9.17) is 11.6 Å². The molecule has 0 bridgehead atoms. The van der Waals surface area contributed by atoms with E-state index in [0.29, 0.717) is 5.15 Å². The standard InChI is InChI=1S/C14H24ClN3S/c1-5-8-11-12(15)17-10-18-13(11)16-9-14(6-2,7-3)19-4/h10H,5-9H2,1-4H3,(H,16,17,18). The van der Waals surface area contributed by atoms with Crippen molar-refractivity contribution >= 4 is 29.2 Å². The number of hydrogen-bond donors (Lipinski definition) is 1. The van der Waals surface area contributed by atoms with E-state index < -0.39 is 0 Å². The molecule has 0 aliphatic carbocycles. The van der Waals surface area contributed by atoms with Crippen LogP contribution in [0.25, 0.3) is 0 Å². The molecular formula is C14H24ClN3S. The Morgan fingerprint density at radius 1 is 1.26 bits per heavy atom. The van der Waals surface area contributed by atoms with Gasteiger partial charge in [0.15, 0.2) is 0 Å². The molecular weight excluding hydrogens is 278 g/mol. The topological polar surface area (TPSA) is 37.8 Å². The molecule has 0 aliphatic rings. The predicted molar refractivity (Wildman–Crippen MR) is 86.4 cm³/mol. The molecule has 0 saturated carbocycles. The Balaban J connectivity index is 2.85. The van der Waals surface area contributed by atoms with Crippen molar-refractivity contribution in [1.29, 1.82) is 0 Å². The van der Waals surface area contributed by atoms with Crippen LogP contribution in [0, 0.1) is 0 Å². The third-order valence-electron chi connectivity index (χ3n) is 3.69. The van der Waals surface area contributed by atoms with E-state index in [1.54, 1.807) is 0 Å². The van der Waals surface area contributed by atoms with Gasteiger partial charge in [0.25, 0.3) is 0 Å². The zero-order valence-corrected chi connectivity index (χ0v) is 13.9.